The Bertz CT molecular complexity index is 716. The quantitative estimate of drug-likeness (QED) is 0.879. The predicted octanol–water partition coefficient (Wildman–Crippen LogP) is 1.65. The Labute approximate surface area is 141 Å². The minimum absolute atomic E-state index is 0.0561. The van der Waals surface area contributed by atoms with E-state index in [-0.39, 0.29) is 24.9 Å². The zero-order valence-electron chi connectivity index (χ0n) is 13.5. The molecule has 0 spiro atoms. The smallest absolute Gasteiger partial charge is 0.242 e. The molecule has 1 saturated heterocycles. The molecule has 0 bridgehead atoms. The van der Waals surface area contributed by atoms with Gasteiger partial charge in [0.1, 0.15) is 0 Å². The van der Waals surface area contributed by atoms with Crippen LogP contribution in [0, 0.1) is 0 Å². The number of nitrogens with one attached hydrogen (secondary N) is 2. The van der Waals surface area contributed by atoms with Crippen molar-refractivity contribution < 1.29 is 9.59 Å². The van der Waals surface area contributed by atoms with Gasteiger partial charge in [0.25, 0.3) is 0 Å². The third-order valence-corrected chi connectivity index (χ3v) is 4.08. The fourth-order valence-corrected chi connectivity index (χ4v) is 2.80. The van der Waals surface area contributed by atoms with Gasteiger partial charge in [0.05, 0.1) is 13.1 Å². The molecule has 1 heterocycles. The molecule has 0 saturated carbocycles. The van der Waals surface area contributed by atoms with Gasteiger partial charge in [-0.3, -0.25) is 9.59 Å². The van der Waals surface area contributed by atoms with Crippen LogP contribution in [0.1, 0.15) is 11.1 Å². The maximum Gasteiger partial charge on any atom is 0.242 e. The monoisotopic (exact) mass is 323 g/mol. The van der Waals surface area contributed by atoms with E-state index in [1.165, 1.54) is 5.56 Å². The number of piperazine rings is 1. The molecule has 124 valence electrons. The van der Waals surface area contributed by atoms with Crippen LogP contribution >= 0.6 is 0 Å². The van der Waals surface area contributed by atoms with Crippen LogP contribution in [0.4, 0.5) is 5.69 Å². The van der Waals surface area contributed by atoms with Crippen molar-refractivity contribution in [2.24, 2.45) is 0 Å². The molecule has 0 radical (unpaired) electrons. The average molecular weight is 323 g/mol. The summed E-state index contributed by atoms with van der Waals surface area (Å²) in [6.45, 7) is 1.43. The van der Waals surface area contributed by atoms with Gasteiger partial charge >= 0.3 is 0 Å². The van der Waals surface area contributed by atoms with E-state index in [4.69, 9.17) is 0 Å². The average Bonchev–Trinajstić information content (AvgIpc) is 2.61. The van der Waals surface area contributed by atoms with Crippen LogP contribution in [0.15, 0.2) is 54.6 Å². The summed E-state index contributed by atoms with van der Waals surface area (Å²) >= 11 is 0. The lowest BCUT2D eigenvalue weighted by atomic mass is 10.0. The van der Waals surface area contributed by atoms with Crippen LogP contribution < -0.4 is 10.6 Å². The third kappa shape index (κ3) is 4.13. The number of hydrogen-bond donors (Lipinski definition) is 2. The lowest BCUT2D eigenvalue weighted by molar-refractivity contribution is -0.136. The zero-order valence-corrected chi connectivity index (χ0v) is 13.5. The molecular formula is C19H21N3O2. The van der Waals surface area contributed by atoms with Gasteiger partial charge in [-0.1, -0.05) is 48.5 Å². The molecule has 3 rings (SSSR count). The molecule has 24 heavy (non-hydrogen) atoms. The summed E-state index contributed by atoms with van der Waals surface area (Å²) in [6.07, 6.45) is 0.810. The van der Waals surface area contributed by atoms with Crippen molar-refractivity contribution in [1.29, 1.82) is 0 Å². The lowest BCUT2D eigenvalue weighted by Gasteiger charge is -2.27. The van der Waals surface area contributed by atoms with E-state index in [0.29, 0.717) is 13.1 Å². The molecular weight excluding hydrogens is 302 g/mol. The van der Waals surface area contributed by atoms with E-state index in [2.05, 4.69) is 28.8 Å². The van der Waals surface area contributed by atoms with Crippen molar-refractivity contribution in [1.82, 2.24) is 10.2 Å². The molecule has 0 aliphatic carbocycles. The van der Waals surface area contributed by atoms with E-state index in [9.17, 15) is 9.59 Å². The molecule has 2 aromatic carbocycles. The van der Waals surface area contributed by atoms with Crippen molar-refractivity contribution in [3.8, 4) is 0 Å². The highest BCUT2D eigenvalue weighted by molar-refractivity contribution is 5.88. The molecule has 1 aliphatic rings. The Morgan fingerprint density at radius 3 is 2.62 bits per heavy atom. The third-order valence-electron chi connectivity index (χ3n) is 4.08. The molecule has 2 amide bonds. The molecule has 0 atom stereocenters. The summed E-state index contributed by atoms with van der Waals surface area (Å²) in [5.41, 5.74) is 3.33. The van der Waals surface area contributed by atoms with Crippen LogP contribution in [0.3, 0.4) is 0 Å². The van der Waals surface area contributed by atoms with Crippen LogP contribution in [0.5, 0.6) is 0 Å². The number of para-hydroxylation sites is 1. The Hall–Kier alpha value is -2.82. The van der Waals surface area contributed by atoms with Gasteiger partial charge in [0.15, 0.2) is 0 Å². The van der Waals surface area contributed by atoms with Crippen molar-refractivity contribution in [3.63, 3.8) is 0 Å². The number of nitrogens with zero attached hydrogens (tertiary/aromatic N) is 1. The minimum Gasteiger partial charge on any atom is -0.376 e. The topological polar surface area (TPSA) is 61.4 Å². The first kappa shape index (κ1) is 16.1. The lowest BCUT2D eigenvalue weighted by Crippen LogP contribution is -2.51. The summed E-state index contributed by atoms with van der Waals surface area (Å²) in [5, 5.41) is 5.95. The largest absolute Gasteiger partial charge is 0.376 e. The second-order valence-corrected chi connectivity index (χ2v) is 5.84. The second kappa shape index (κ2) is 7.64. The summed E-state index contributed by atoms with van der Waals surface area (Å²) in [7, 11) is 0. The van der Waals surface area contributed by atoms with E-state index in [1.54, 1.807) is 4.90 Å². The molecule has 2 aromatic rings. The Morgan fingerprint density at radius 2 is 1.83 bits per heavy atom. The summed E-state index contributed by atoms with van der Waals surface area (Å²) < 4.78 is 0. The molecule has 1 aliphatic heterocycles. The highest BCUT2D eigenvalue weighted by Gasteiger charge is 2.20. The molecule has 0 aromatic heterocycles. The van der Waals surface area contributed by atoms with Crippen molar-refractivity contribution in [3.05, 3.63) is 65.7 Å². The molecule has 0 unspecified atom stereocenters. The standard InChI is InChI=1S/C19H21N3O2/c23-18-14-22(11-10-20-18)19(24)13-21-17-9-5-4-8-16(17)12-15-6-2-1-3-7-15/h1-9,21H,10-14H2,(H,20,23). The van der Waals surface area contributed by atoms with Crippen LogP contribution in [-0.4, -0.2) is 42.9 Å². The first-order chi connectivity index (χ1) is 11.7. The van der Waals surface area contributed by atoms with E-state index in [0.717, 1.165) is 17.7 Å². The van der Waals surface area contributed by atoms with Gasteiger partial charge < -0.3 is 15.5 Å². The zero-order chi connectivity index (χ0) is 16.8. The number of benzene rings is 2. The highest BCUT2D eigenvalue weighted by Crippen LogP contribution is 2.19. The van der Waals surface area contributed by atoms with Gasteiger partial charge in [0.2, 0.25) is 11.8 Å². The van der Waals surface area contributed by atoms with Gasteiger partial charge in [-0.15, -0.1) is 0 Å². The van der Waals surface area contributed by atoms with Crippen molar-refractivity contribution >= 4 is 17.5 Å². The summed E-state index contributed by atoms with van der Waals surface area (Å²) in [6, 6.07) is 18.2. The molecule has 5 nitrogen and oxygen atoms in total. The van der Waals surface area contributed by atoms with Crippen molar-refractivity contribution in [2.45, 2.75) is 6.42 Å². The maximum atomic E-state index is 12.3. The number of carbonyl (C=O) groups excluding carboxylic acids is 2. The molecule has 5 heteroatoms. The summed E-state index contributed by atoms with van der Waals surface area (Å²) in [4.78, 5) is 25.2. The van der Waals surface area contributed by atoms with E-state index in [1.807, 2.05) is 36.4 Å². The first-order valence-corrected chi connectivity index (χ1v) is 8.12. The van der Waals surface area contributed by atoms with Crippen molar-refractivity contribution in [2.75, 3.05) is 31.5 Å². The molecule has 1 fully saturated rings. The number of carbonyl (C=O) groups is 2. The Balaban J connectivity index is 1.63. The fourth-order valence-electron chi connectivity index (χ4n) is 2.80. The minimum atomic E-state index is -0.0981. The normalized spacial score (nSPS) is 14.2. The van der Waals surface area contributed by atoms with Gasteiger partial charge in [-0.05, 0) is 23.6 Å². The first-order valence-electron chi connectivity index (χ1n) is 8.12. The highest BCUT2D eigenvalue weighted by atomic mass is 16.2. The van der Waals surface area contributed by atoms with E-state index >= 15 is 0 Å². The number of amides is 2. The van der Waals surface area contributed by atoms with Crippen LogP contribution in [0.25, 0.3) is 0 Å². The number of rotatable bonds is 5. The predicted molar refractivity (Wildman–Crippen MR) is 93.8 cm³/mol. The number of anilines is 1. The fraction of sp³-hybridized carbons (Fsp3) is 0.263. The van der Waals surface area contributed by atoms with Gasteiger partial charge in [-0.25, -0.2) is 0 Å². The van der Waals surface area contributed by atoms with Crippen LogP contribution in [-0.2, 0) is 16.0 Å². The van der Waals surface area contributed by atoms with Crippen LogP contribution in [0.2, 0.25) is 0 Å². The maximum absolute atomic E-state index is 12.3. The Morgan fingerprint density at radius 1 is 1.08 bits per heavy atom. The van der Waals surface area contributed by atoms with Gasteiger partial charge in [0, 0.05) is 18.8 Å². The SMILES string of the molecule is O=C1CN(C(=O)CNc2ccccc2Cc2ccccc2)CCN1. The molecule has 2 N–H and O–H groups in total. The van der Waals surface area contributed by atoms with Gasteiger partial charge in [-0.2, -0.15) is 0 Å². The Kier molecular flexibility index (Phi) is 5.11. The summed E-state index contributed by atoms with van der Waals surface area (Å²) in [5.74, 6) is -0.154. The number of hydrogen-bond acceptors (Lipinski definition) is 3. The second-order valence-electron chi connectivity index (χ2n) is 5.84. The van der Waals surface area contributed by atoms with E-state index < -0.39 is 0 Å².